The summed E-state index contributed by atoms with van der Waals surface area (Å²) in [5.41, 5.74) is 1.02. The molecule has 0 amide bonds. The summed E-state index contributed by atoms with van der Waals surface area (Å²) >= 11 is 0. The van der Waals surface area contributed by atoms with Crippen molar-refractivity contribution in [1.82, 2.24) is 5.32 Å². The van der Waals surface area contributed by atoms with Crippen LogP contribution in [0.5, 0.6) is 0 Å². The van der Waals surface area contributed by atoms with Crippen molar-refractivity contribution < 1.29 is 19.7 Å². The molecule has 1 atom stereocenters. The Hall–Kier alpha value is -1.43. The van der Waals surface area contributed by atoms with Crippen LogP contribution in [-0.2, 0) is 11.3 Å². The van der Waals surface area contributed by atoms with Crippen LogP contribution in [0.15, 0.2) is 24.3 Å². The molecule has 1 aromatic rings. The predicted octanol–water partition coefficient (Wildman–Crippen LogP) is 0.872. The first-order valence-electron chi connectivity index (χ1n) is 5.83. The average molecular weight is 253 g/mol. The first-order chi connectivity index (χ1) is 8.69. The lowest BCUT2D eigenvalue weighted by atomic mass is 10.1. The van der Waals surface area contributed by atoms with Crippen molar-refractivity contribution in [2.75, 3.05) is 20.3 Å². The van der Waals surface area contributed by atoms with Crippen LogP contribution < -0.4 is 5.32 Å². The van der Waals surface area contributed by atoms with Crippen LogP contribution in [0.25, 0.3) is 0 Å². The Labute approximate surface area is 106 Å². The van der Waals surface area contributed by atoms with Crippen LogP contribution in [0.4, 0.5) is 0 Å². The number of aromatic carboxylic acids is 1. The van der Waals surface area contributed by atoms with Crippen LogP contribution in [0.2, 0.25) is 0 Å². The third kappa shape index (κ3) is 4.44. The lowest BCUT2D eigenvalue weighted by Gasteiger charge is -2.17. The van der Waals surface area contributed by atoms with Crippen molar-refractivity contribution in [3.8, 4) is 0 Å². The fourth-order valence-electron chi connectivity index (χ4n) is 1.74. The maximum Gasteiger partial charge on any atom is 0.336 e. The highest BCUT2D eigenvalue weighted by atomic mass is 16.5. The van der Waals surface area contributed by atoms with E-state index in [1.807, 2.05) is 0 Å². The zero-order valence-electron chi connectivity index (χ0n) is 10.4. The molecule has 0 fully saturated rings. The van der Waals surface area contributed by atoms with Crippen molar-refractivity contribution in [2.45, 2.75) is 19.0 Å². The summed E-state index contributed by atoms with van der Waals surface area (Å²) in [6, 6.07) is 6.88. The van der Waals surface area contributed by atoms with Gasteiger partial charge >= 0.3 is 5.97 Å². The molecule has 3 N–H and O–H groups in total. The van der Waals surface area contributed by atoms with Crippen molar-refractivity contribution in [3.63, 3.8) is 0 Å². The predicted molar refractivity (Wildman–Crippen MR) is 67.6 cm³/mol. The first-order valence-corrected chi connectivity index (χ1v) is 5.83. The molecule has 1 aromatic carbocycles. The van der Waals surface area contributed by atoms with E-state index < -0.39 is 5.97 Å². The smallest absolute Gasteiger partial charge is 0.336 e. The molecule has 0 aliphatic heterocycles. The van der Waals surface area contributed by atoms with Crippen LogP contribution >= 0.6 is 0 Å². The summed E-state index contributed by atoms with van der Waals surface area (Å²) in [6.45, 7) is 0.994. The highest BCUT2D eigenvalue weighted by Crippen LogP contribution is 2.09. The van der Waals surface area contributed by atoms with E-state index in [1.54, 1.807) is 31.4 Å². The summed E-state index contributed by atoms with van der Waals surface area (Å²) in [5.74, 6) is -0.933. The molecule has 100 valence electrons. The molecule has 0 saturated heterocycles. The van der Waals surface area contributed by atoms with Crippen LogP contribution in [0.3, 0.4) is 0 Å². The number of aliphatic hydroxyl groups excluding tert-OH is 1. The number of nitrogens with one attached hydrogen (secondary N) is 1. The average Bonchev–Trinajstić information content (AvgIpc) is 2.36. The Kier molecular flexibility index (Phi) is 6.35. The number of hydrogen-bond acceptors (Lipinski definition) is 4. The van der Waals surface area contributed by atoms with Gasteiger partial charge in [0.25, 0.3) is 0 Å². The third-order valence-electron chi connectivity index (χ3n) is 2.67. The Morgan fingerprint density at radius 1 is 1.44 bits per heavy atom. The minimum atomic E-state index is -0.933. The molecule has 0 radical (unpaired) electrons. The molecule has 1 rings (SSSR count). The van der Waals surface area contributed by atoms with Crippen molar-refractivity contribution in [2.24, 2.45) is 0 Å². The highest BCUT2D eigenvalue weighted by molar-refractivity contribution is 5.89. The zero-order chi connectivity index (χ0) is 13.4. The quantitative estimate of drug-likeness (QED) is 0.640. The number of aliphatic hydroxyl groups is 1. The van der Waals surface area contributed by atoms with E-state index >= 15 is 0 Å². The molecule has 0 bridgehead atoms. The molecular weight excluding hydrogens is 234 g/mol. The maximum atomic E-state index is 11.0. The minimum Gasteiger partial charge on any atom is -0.478 e. The van der Waals surface area contributed by atoms with Crippen LogP contribution in [0.1, 0.15) is 22.3 Å². The van der Waals surface area contributed by atoms with E-state index in [0.717, 1.165) is 5.56 Å². The minimum absolute atomic E-state index is 0.0156. The fourth-order valence-corrected chi connectivity index (χ4v) is 1.74. The van der Waals surface area contributed by atoms with E-state index in [0.29, 0.717) is 25.1 Å². The van der Waals surface area contributed by atoms with Crippen molar-refractivity contribution in [1.29, 1.82) is 0 Å². The summed E-state index contributed by atoms with van der Waals surface area (Å²) in [5, 5.41) is 21.1. The number of ether oxygens (including phenoxy) is 1. The third-order valence-corrected chi connectivity index (χ3v) is 2.67. The van der Waals surface area contributed by atoms with Gasteiger partial charge in [-0.1, -0.05) is 18.2 Å². The number of carboxylic acids is 1. The fraction of sp³-hybridized carbons (Fsp3) is 0.462. The number of carboxylic acid groups (broad SMARTS) is 1. The molecule has 0 aliphatic rings. The summed E-state index contributed by atoms with van der Waals surface area (Å²) in [6.07, 6.45) is 0.572. The van der Waals surface area contributed by atoms with E-state index in [2.05, 4.69) is 5.32 Å². The molecule has 5 heteroatoms. The lowest BCUT2D eigenvalue weighted by molar-refractivity contribution is 0.0695. The van der Waals surface area contributed by atoms with Gasteiger partial charge in [-0.2, -0.15) is 0 Å². The second kappa shape index (κ2) is 7.81. The molecule has 0 aliphatic carbocycles. The van der Waals surface area contributed by atoms with E-state index in [4.69, 9.17) is 14.9 Å². The second-order valence-electron chi connectivity index (χ2n) is 4.01. The van der Waals surface area contributed by atoms with Gasteiger partial charge in [-0.05, 0) is 18.1 Å². The van der Waals surface area contributed by atoms with Gasteiger partial charge in [-0.15, -0.1) is 0 Å². The summed E-state index contributed by atoms with van der Waals surface area (Å²) < 4.78 is 5.03. The molecule has 18 heavy (non-hydrogen) atoms. The van der Waals surface area contributed by atoms with Gasteiger partial charge in [-0.25, -0.2) is 4.79 Å². The Bertz CT molecular complexity index is 375. The van der Waals surface area contributed by atoms with Gasteiger partial charge in [0.15, 0.2) is 0 Å². The maximum absolute atomic E-state index is 11.0. The van der Waals surface area contributed by atoms with Gasteiger partial charge in [0.1, 0.15) is 0 Å². The van der Waals surface area contributed by atoms with Crippen LogP contribution in [0, 0.1) is 0 Å². The second-order valence-corrected chi connectivity index (χ2v) is 4.01. The molecule has 0 heterocycles. The van der Waals surface area contributed by atoms with Crippen molar-refractivity contribution >= 4 is 5.97 Å². The number of hydrogen-bond donors (Lipinski definition) is 3. The number of carbonyl (C=O) groups is 1. The van der Waals surface area contributed by atoms with Gasteiger partial charge < -0.3 is 20.3 Å². The molecule has 0 spiro atoms. The monoisotopic (exact) mass is 253 g/mol. The molecular formula is C13H19NO4. The highest BCUT2D eigenvalue weighted by Gasteiger charge is 2.11. The van der Waals surface area contributed by atoms with Crippen LogP contribution in [-0.4, -0.2) is 42.5 Å². The van der Waals surface area contributed by atoms with Crippen molar-refractivity contribution in [3.05, 3.63) is 35.4 Å². The van der Waals surface area contributed by atoms with Gasteiger partial charge in [0, 0.05) is 26.3 Å². The number of rotatable bonds is 8. The largest absolute Gasteiger partial charge is 0.478 e. The standard InChI is InChI=1S/C13H19NO4/c1-18-9-11(6-7-15)14-8-10-4-2-3-5-12(10)13(16)17/h2-5,11,14-15H,6-9H2,1H3,(H,16,17). The van der Waals surface area contributed by atoms with E-state index in [-0.39, 0.29) is 12.6 Å². The Balaban J connectivity index is 2.63. The number of benzene rings is 1. The summed E-state index contributed by atoms with van der Waals surface area (Å²) in [4.78, 5) is 11.0. The molecule has 0 aromatic heterocycles. The summed E-state index contributed by atoms with van der Waals surface area (Å²) in [7, 11) is 1.59. The van der Waals surface area contributed by atoms with Gasteiger partial charge in [0.2, 0.25) is 0 Å². The first kappa shape index (κ1) is 14.6. The topological polar surface area (TPSA) is 78.8 Å². The SMILES string of the molecule is COCC(CCO)NCc1ccccc1C(=O)O. The zero-order valence-corrected chi connectivity index (χ0v) is 10.4. The molecule has 5 nitrogen and oxygen atoms in total. The normalized spacial score (nSPS) is 12.3. The van der Waals surface area contributed by atoms with E-state index in [1.165, 1.54) is 0 Å². The molecule has 1 unspecified atom stereocenters. The van der Waals surface area contributed by atoms with Gasteiger partial charge in [0.05, 0.1) is 12.2 Å². The Morgan fingerprint density at radius 2 is 2.17 bits per heavy atom. The Morgan fingerprint density at radius 3 is 2.78 bits per heavy atom. The van der Waals surface area contributed by atoms with Gasteiger partial charge in [-0.3, -0.25) is 0 Å². The van der Waals surface area contributed by atoms with E-state index in [9.17, 15) is 4.79 Å². The molecule has 0 saturated carbocycles. The lowest BCUT2D eigenvalue weighted by Crippen LogP contribution is -2.34. The number of methoxy groups -OCH3 is 1.